The van der Waals surface area contributed by atoms with Crippen LogP contribution in [0.1, 0.15) is 36.0 Å². The normalized spacial score (nSPS) is 16.4. The lowest BCUT2D eigenvalue weighted by molar-refractivity contribution is -0.135. The summed E-state index contributed by atoms with van der Waals surface area (Å²) in [5, 5.41) is 2.59. The molecule has 8 heteroatoms. The van der Waals surface area contributed by atoms with Crippen LogP contribution >= 0.6 is 0 Å². The van der Waals surface area contributed by atoms with E-state index in [0.29, 0.717) is 12.2 Å². The number of rotatable bonds is 7. The van der Waals surface area contributed by atoms with E-state index in [1.165, 1.54) is 41.1 Å². The topological polar surface area (TPSA) is 74.7 Å². The fraction of sp³-hybridized carbons (Fsp3) is 0.435. The standard InChI is InChI=1S/C23H29FN4O3/c1-26(2)15-12-19-6-3-4-14-28(19)21(29)16-27-13-5-7-20(23(27)31)22(30)25-18-10-8-17(24)9-11-18/h5,7-11,13,19H,3-4,6,12,14-16H2,1-2H3,(H,25,30)/t19-/m1/s1. The summed E-state index contributed by atoms with van der Waals surface area (Å²) in [5.74, 6) is -1.12. The molecule has 2 heterocycles. The summed E-state index contributed by atoms with van der Waals surface area (Å²) < 4.78 is 14.3. The van der Waals surface area contributed by atoms with E-state index in [2.05, 4.69) is 10.2 Å². The molecule has 0 unspecified atom stereocenters. The molecular formula is C23H29FN4O3. The maximum Gasteiger partial charge on any atom is 0.263 e. The largest absolute Gasteiger partial charge is 0.338 e. The van der Waals surface area contributed by atoms with Crippen molar-refractivity contribution in [1.82, 2.24) is 14.4 Å². The van der Waals surface area contributed by atoms with Crippen molar-refractivity contribution >= 4 is 17.5 Å². The quantitative estimate of drug-likeness (QED) is 0.736. The maximum atomic E-state index is 13.1. The minimum Gasteiger partial charge on any atom is -0.338 e. The van der Waals surface area contributed by atoms with E-state index in [-0.39, 0.29) is 24.1 Å². The van der Waals surface area contributed by atoms with Crippen molar-refractivity contribution in [1.29, 1.82) is 0 Å². The molecular weight excluding hydrogens is 399 g/mol. The molecule has 2 amide bonds. The molecule has 1 aliphatic rings. The summed E-state index contributed by atoms with van der Waals surface area (Å²) >= 11 is 0. The monoisotopic (exact) mass is 428 g/mol. The van der Waals surface area contributed by atoms with Crippen molar-refractivity contribution in [2.45, 2.75) is 38.3 Å². The summed E-state index contributed by atoms with van der Waals surface area (Å²) in [6, 6.07) is 8.46. The zero-order chi connectivity index (χ0) is 22.4. The Morgan fingerprint density at radius 3 is 2.61 bits per heavy atom. The molecule has 1 saturated heterocycles. The van der Waals surface area contributed by atoms with E-state index < -0.39 is 17.3 Å². The van der Waals surface area contributed by atoms with Crippen LogP contribution < -0.4 is 10.9 Å². The molecule has 1 atom stereocenters. The molecule has 1 aromatic carbocycles. The molecule has 0 saturated carbocycles. The zero-order valence-electron chi connectivity index (χ0n) is 18.0. The SMILES string of the molecule is CN(C)CC[C@H]1CCCCN1C(=O)Cn1cccc(C(=O)Nc2ccc(F)cc2)c1=O. The van der Waals surface area contributed by atoms with E-state index in [0.717, 1.165) is 32.2 Å². The molecule has 7 nitrogen and oxygen atoms in total. The minimum atomic E-state index is -0.597. The minimum absolute atomic E-state index is 0.0672. The molecule has 0 bridgehead atoms. The number of hydrogen-bond donors (Lipinski definition) is 1. The first-order valence-electron chi connectivity index (χ1n) is 10.6. The Balaban J connectivity index is 1.71. The van der Waals surface area contributed by atoms with Gasteiger partial charge in [-0.3, -0.25) is 14.4 Å². The number of anilines is 1. The lowest BCUT2D eigenvalue weighted by atomic mass is 9.99. The van der Waals surface area contributed by atoms with Crippen LogP contribution in [-0.4, -0.2) is 59.4 Å². The molecule has 1 aromatic heterocycles. The Kier molecular flexibility index (Phi) is 7.57. The molecule has 0 aliphatic carbocycles. The van der Waals surface area contributed by atoms with E-state index in [4.69, 9.17) is 0 Å². The van der Waals surface area contributed by atoms with Gasteiger partial charge in [0.05, 0.1) is 0 Å². The van der Waals surface area contributed by atoms with Crippen molar-refractivity contribution in [2.75, 3.05) is 32.5 Å². The van der Waals surface area contributed by atoms with Gasteiger partial charge in [0.2, 0.25) is 5.91 Å². The van der Waals surface area contributed by atoms with Gasteiger partial charge in [-0.05, 0) is 82.7 Å². The highest BCUT2D eigenvalue weighted by Gasteiger charge is 2.27. The number of amides is 2. The first kappa shape index (κ1) is 22.7. The van der Waals surface area contributed by atoms with Crippen molar-refractivity contribution < 1.29 is 14.0 Å². The molecule has 0 radical (unpaired) electrons. The van der Waals surface area contributed by atoms with Crippen molar-refractivity contribution in [2.24, 2.45) is 0 Å². The summed E-state index contributed by atoms with van der Waals surface area (Å²) in [6.07, 6.45) is 5.44. The number of hydrogen-bond acceptors (Lipinski definition) is 4. The van der Waals surface area contributed by atoms with E-state index in [1.54, 1.807) is 6.07 Å². The molecule has 166 valence electrons. The Morgan fingerprint density at radius 2 is 1.90 bits per heavy atom. The Bertz CT molecular complexity index is 972. The van der Waals surface area contributed by atoms with Crippen LogP contribution in [0.5, 0.6) is 0 Å². The van der Waals surface area contributed by atoms with Crippen molar-refractivity contribution in [3.05, 3.63) is 64.3 Å². The zero-order valence-corrected chi connectivity index (χ0v) is 18.0. The van der Waals surface area contributed by atoms with Gasteiger partial charge in [-0.2, -0.15) is 0 Å². The van der Waals surface area contributed by atoms with Gasteiger partial charge < -0.3 is 19.7 Å². The van der Waals surface area contributed by atoms with Gasteiger partial charge in [0, 0.05) is 24.5 Å². The second-order valence-electron chi connectivity index (χ2n) is 8.14. The average molecular weight is 429 g/mol. The van der Waals surface area contributed by atoms with Crippen molar-refractivity contribution in [3.63, 3.8) is 0 Å². The maximum absolute atomic E-state index is 13.1. The first-order valence-corrected chi connectivity index (χ1v) is 10.6. The number of nitrogens with zero attached hydrogens (tertiary/aromatic N) is 3. The first-order chi connectivity index (χ1) is 14.8. The van der Waals surface area contributed by atoms with Crippen LogP contribution in [0, 0.1) is 5.82 Å². The molecule has 0 spiro atoms. The van der Waals surface area contributed by atoms with Crippen LogP contribution in [0.4, 0.5) is 10.1 Å². The summed E-state index contributed by atoms with van der Waals surface area (Å²) in [5.41, 5.74) is -0.214. The predicted molar refractivity (Wildman–Crippen MR) is 118 cm³/mol. The van der Waals surface area contributed by atoms with E-state index in [1.807, 2.05) is 19.0 Å². The second-order valence-corrected chi connectivity index (χ2v) is 8.14. The Hall–Kier alpha value is -3.00. The van der Waals surface area contributed by atoms with Crippen LogP contribution in [0.2, 0.25) is 0 Å². The number of carbonyl (C=O) groups is 2. The number of carbonyl (C=O) groups excluding carboxylic acids is 2. The number of likely N-dealkylation sites (tertiary alicyclic amines) is 1. The van der Waals surface area contributed by atoms with Gasteiger partial charge in [0.15, 0.2) is 0 Å². The predicted octanol–water partition coefficient (Wildman–Crippen LogP) is 2.57. The molecule has 1 aliphatic heterocycles. The second kappa shape index (κ2) is 10.3. The third kappa shape index (κ3) is 6.01. The number of piperidine rings is 1. The summed E-state index contributed by atoms with van der Waals surface area (Å²) in [6.45, 7) is 1.48. The molecule has 1 fully saturated rings. The number of benzene rings is 1. The van der Waals surface area contributed by atoms with Crippen molar-refractivity contribution in [3.8, 4) is 0 Å². The van der Waals surface area contributed by atoms with E-state index in [9.17, 15) is 18.8 Å². The number of halogens is 1. The van der Waals surface area contributed by atoms with Crippen LogP contribution in [0.25, 0.3) is 0 Å². The van der Waals surface area contributed by atoms with Gasteiger partial charge in [-0.1, -0.05) is 0 Å². The van der Waals surface area contributed by atoms with Crippen LogP contribution in [-0.2, 0) is 11.3 Å². The van der Waals surface area contributed by atoms with Gasteiger partial charge in [-0.15, -0.1) is 0 Å². The average Bonchev–Trinajstić information content (AvgIpc) is 2.75. The highest BCUT2D eigenvalue weighted by molar-refractivity contribution is 6.04. The lowest BCUT2D eigenvalue weighted by Crippen LogP contribution is -2.47. The number of aromatic nitrogens is 1. The third-order valence-corrected chi connectivity index (χ3v) is 5.53. The lowest BCUT2D eigenvalue weighted by Gasteiger charge is -2.36. The molecule has 2 aromatic rings. The highest BCUT2D eigenvalue weighted by atomic mass is 19.1. The Morgan fingerprint density at radius 1 is 1.16 bits per heavy atom. The van der Waals surface area contributed by atoms with Gasteiger partial charge in [-0.25, -0.2) is 4.39 Å². The van der Waals surface area contributed by atoms with E-state index >= 15 is 0 Å². The number of nitrogens with one attached hydrogen (secondary N) is 1. The third-order valence-electron chi connectivity index (χ3n) is 5.53. The highest BCUT2D eigenvalue weighted by Crippen LogP contribution is 2.20. The van der Waals surface area contributed by atoms with Gasteiger partial charge in [0.1, 0.15) is 17.9 Å². The van der Waals surface area contributed by atoms with Crippen LogP contribution in [0.15, 0.2) is 47.4 Å². The van der Waals surface area contributed by atoms with Gasteiger partial charge >= 0.3 is 0 Å². The van der Waals surface area contributed by atoms with Gasteiger partial charge in [0.25, 0.3) is 11.5 Å². The fourth-order valence-electron chi connectivity index (χ4n) is 3.84. The summed E-state index contributed by atoms with van der Waals surface area (Å²) in [4.78, 5) is 42.4. The summed E-state index contributed by atoms with van der Waals surface area (Å²) in [7, 11) is 4.02. The molecule has 31 heavy (non-hydrogen) atoms. The smallest absolute Gasteiger partial charge is 0.263 e. The molecule has 1 N–H and O–H groups in total. The van der Waals surface area contributed by atoms with Crippen LogP contribution in [0.3, 0.4) is 0 Å². The fourth-order valence-corrected chi connectivity index (χ4v) is 3.84. The Labute approximate surface area is 181 Å². The number of pyridine rings is 1. The molecule has 3 rings (SSSR count).